The van der Waals surface area contributed by atoms with Crippen molar-refractivity contribution >= 4 is 0 Å². The summed E-state index contributed by atoms with van der Waals surface area (Å²) in [7, 11) is 0. The van der Waals surface area contributed by atoms with Crippen molar-refractivity contribution in [3.8, 4) is 0 Å². The molecule has 4 nitrogen and oxygen atoms in total. The van der Waals surface area contributed by atoms with Gasteiger partial charge in [0.25, 0.3) is 0 Å². The third kappa shape index (κ3) is 1.99. The number of likely N-dealkylation sites (N-methyl/N-ethyl adjacent to an activating group) is 1. The molecule has 1 fully saturated rings. The first-order chi connectivity index (χ1) is 8.28. The molecule has 0 N–H and O–H groups in total. The fourth-order valence-electron chi connectivity index (χ4n) is 3.08. The van der Waals surface area contributed by atoms with Crippen molar-refractivity contribution in [1.29, 1.82) is 0 Å². The third-order valence-corrected chi connectivity index (χ3v) is 4.25. The van der Waals surface area contributed by atoms with Crippen molar-refractivity contribution in [2.45, 2.75) is 51.5 Å². The smallest absolute Gasteiger partial charge is 0.155 e. The van der Waals surface area contributed by atoms with Gasteiger partial charge in [0.2, 0.25) is 0 Å². The van der Waals surface area contributed by atoms with E-state index in [0.717, 1.165) is 25.5 Å². The topological polar surface area (TPSA) is 34.0 Å². The highest BCUT2D eigenvalue weighted by Gasteiger charge is 2.28. The third-order valence-electron chi connectivity index (χ3n) is 4.25. The summed E-state index contributed by atoms with van der Waals surface area (Å²) in [6, 6.07) is 0. The van der Waals surface area contributed by atoms with Crippen molar-refractivity contribution in [3.63, 3.8) is 0 Å². The van der Waals surface area contributed by atoms with E-state index in [1.165, 1.54) is 31.6 Å². The number of rotatable bonds is 2. The molecule has 0 amide bonds. The Morgan fingerprint density at radius 3 is 2.88 bits per heavy atom. The van der Waals surface area contributed by atoms with Crippen LogP contribution in [0.25, 0.3) is 0 Å². The summed E-state index contributed by atoms with van der Waals surface area (Å²) in [5.74, 6) is 3.49. The summed E-state index contributed by atoms with van der Waals surface area (Å²) in [5.41, 5.74) is 0. The molecule has 0 bridgehead atoms. The van der Waals surface area contributed by atoms with Crippen molar-refractivity contribution in [1.82, 2.24) is 19.7 Å². The predicted octanol–water partition coefficient (Wildman–Crippen LogP) is 1.98. The molecule has 3 heterocycles. The minimum absolute atomic E-state index is 0.570. The van der Waals surface area contributed by atoms with Gasteiger partial charge in [0.05, 0.1) is 0 Å². The molecular formula is C13H22N4. The van der Waals surface area contributed by atoms with Crippen LogP contribution in [0, 0.1) is 0 Å². The van der Waals surface area contributed by atoms with Crippen LogP contribution in [0.3, 0.4) is 0 Å². The molecule has 94 valence electrons. The Hall–Kier alpha value is -0.900. The van der Waals surface area contributed by atoms with Crippen LogP contribution in [0.2, 0.25) is 0 Å². The van der Waals surface area contributed by atoms with Crippen LogP contribution < -0.4 is 0 Å². The second-order valence-electron chi connectivity index (χ2n) is 5.47. The Morgan fingerprint density at radius 2 is 2.18 bits per heavy atom. The SMILES string of the molecule is CCN1CCC(c2nc3n(n2)CCCC3C)C1. The van der Waals surface area contributed by atoms with E-state index in [2.05, 4.69) is 23.4 Å². The molecule has 2 aliphatic heterocycles. The summed E-state index contributed by atoms with van der Waals surface area (Å²) >= 11 is 0. The van der Waals surface area contributed by atoms with Gasteiger partial charge in [-0.25, -0.2) is 9.67 Å². The number of aromatic nitrogens is 3. The molecule has 0 radical (unpaired) electrons. The Morgan fingerprint density at radius 1 is 1.29 bits per heavy atom. The van der Waals surface area contributed by atoms with Gasteiger partial charge in [-0.2, -0.15) is 5.10 Å². The first-order valence-electron chi connectivity index (χ1n) is 6.95. The molecule has 0 aliphatic carbocycles. The van der Waals surface area contributed by atoms with Gasteiger partial charge in [-0.05, 0) is 32.4 Å². The zero-order valence-corrected chi connectivity index (χ0v) is 10.9. The first-order valence-corrected chi connectivity index (χ1v) is 6.95. The largest absolute Gasteiger partial charge is 0.303 e. The van der Waals surface area contributed by atoms with E-state index >= 15 is 0 Å². The van der Waals surface area contributed by atoms with Crippen molar-refractivity contribution < 1.29 is 0 Å². The predicted molar refractivity (Wildman–Crippen MR) is 67.1 cm³/mol. The highest BCUT2D eigenvalue weighted by Crippen LogP contribution is 2.29. The maximum Gasteiger partial charge on any atom is 0.155 e. The van der Waals surface area contributed by atoms with Crippen molar-refractivity contribution in [2.24, 2.45) is 0 Å². The average molecular weight is 234 g/mol. The fourth-order valence-corrected chi connectivity index (χ4v) is 3.08. The van der Waals surface area contributed by atoms with E-state index in [9.17, 15) is 0 Å². The van der Waals surface area contributed by atoms with Gasteiger partial charge in [-0.1, -0.05) is 13.8 Å². The summed E-state index contributed by atoms with van der Waals surface area (Å²) in [6.07, 6.45) is 3.75. The molecule has 1 aromatic heterocycles. The Bertz CT molecular complexity index is 398. The van der Waals surface area contributed by atoms with Crippen LogP contribution in [-0.4, -0.2) is 39.3 Å². The lowest BCUT2D eigenvalue weighted by atomic mass is 10.0. The molecule has 2 aliphatic rings. The lowest BCUT2D eigenvalue weighted by molar-refractivity contribution is 0.352. The van der Waals surface area contributed by atoms with Crippen molar-refractivity contribution in [3.05, 3.63) is 11.6 Å². The summed E-state index contributed by atoms with van der Waals surface area (Å²) in [6.45, 7) is 9.08. The van der Waals surface area contributed by atoms with E-state index in [-0.39, 0.29) is 0 Å². The molecule has 2 unspecified atom stereocenters. The molecule has 3 rings (SSSR count). The van der Waals surface area contributed by atoms with Gasteiger partial charge in [0.1, 0.15) is 5.82 Å². The monoisotopic (exact) mass is 234 g/mol. The van der Waals surface area contributed by atoms with E-state index < -0.39 is 0 Å². The van der Waals surface area contributed by atoms with Crippen LogP contribution in [0.4, 0.5) is 0 Å². The normalized spacial score (nSPS) is 29.5. The summed E-state index contributed by atoms with van der Waals surface area (Å²) < 4.78 is 2.15. The molecule has 0 spiro atoms. The lowest BCUT2D eigenvalue weighted by Gasteiger charge is -2.17. The first kappa shape index (κ1) is 11.2. The molecule has 1 saturated heterocycles. The maximum absolute atomic E-state index is 4.81. The fraction of sp³-hybridized carbons (Fsp3) is 0.846. The van der Waals surface area contributed by atoms with Gasteiger partial charge in [-0.3, -0.25) is 0 Å². The summed E-state index contributed by atoms with van der Waals surface area (Å²) in [4.78, 5) is 7.30. The van der Waals surface area contributed by atoms with Gasteiger partial charge < -0.3 is 4.90 Å². The Kier molecular flexibility index (Phi) is 2.90. The number of hydrogen-bond acceptors (Lipinski definition) is 3. The van der Waals surface area contributed by atoms with E-state index in [4.69, 9.17) is 10.1 Å². The Balaban J connectivity index is 1.80. The second-order valence-corrected chi connectivity index (χ2v) is 5.47. The van der Waals surface area contributed by atoms with Crippen LogP contribution in [0.1, 0.15) is 56.6 Å². The minimum Gasteiger partial charge on any atom is -0.303 e. The van der Waals surface area contributed by atoms with E-state index in [0.29, 0.717) is 11.8 Å². The molecular weight excluding hydrogens is 212 g/mol. The number of fused-ring (bicyclic) bond motifs is 1. The number of likely N-dealkylation sites (tertiary alicyclic amines) is 1. The highest BCUT2D eigenvalue weighted by molar-refractivity contribution is 5.07. The molecule has 0 saturated carbocycles. The van der Waals surface area contributed by atoms with Gasteiger partial charge >= 0.3 is 0 Å². The number of aryl methyl sites for hydroxylation is 1. The van der Waals surface area contributed by atoms with Gasteiger partial charge in [0.15, 0.2) is 5.82 Å². The minimum atomic E-state index is 0.570. The Labute approximate surface area is 103 Å². The quantitative estimate of drug-likeness (QED) is 0.784. The maximum atomic E-state index is 4.81. The zero-order valence-electron chi connectivity index (χ0n) is 10.9. The van der Waals surface area contributed by atoms with E-state index in [1.807, 2.05) is 0 Å². The summed E-state index contributed by atoms with van der Waals surface area (Å²) in [5, 5.41) is 4.73. The highest BCUT2D eigenvalue weighted by atomic mass is 15.4. The molecule has 0 aromatic carbocycles. The number of hydrogen-bond donors (Lipinski definition) is 0. The number of nitrogens with zero attached hydrogens (tertiary/aromatic N) is 4. The molecule has 4 heteroatoms. The van der Waals surface area contributed by atoms with Crippen LogP contribution >= 0.6 is 0 Å². The van der Waals surface area contributed by atoms with E-state index in [1.54, 1.807) is 0 Å². The standard InChI is InChI=1S/C13H22N4/c1-3-16-8-6-11(9-16)12-14-13-10(2)5-4-7-17(13)15-12/h10-11H,3-9H2,1-2H3. The van der Waals surface area contributed by atoms with Crippen LogP contribution in [-0.2, 0) is 6.54 Å². The second kappa shape index (κ2) is 4.41. The van der Waals surface area contributed by atoms with Gasteiger partial charge in [-0.15, -0.1) is 0 Å². The molecule has 1 aromatic rings. The van der Waals surface area contributed by atoms with Crippen LogP contribution in [0.15, 0.2) is 0 Å². The van der Waals surface area contributed by atoms with Crippen LogP contribution in [0.5, 0.6) is 0 Å². The average Bonchev–Trinajstić information content (AvgIpc) is 2.95. The lowest BCUT2D eigenvalue weighted by Crippen LogP contribution is -2.19. The van der Waals surface area contributed by atoms with Gasteiger partial charge in [0, 0.05) is 24.9 Å². The molecule has 17 heavy (non-hydrogen) atoms. The molecule has 2 atom stereocenters. The van der Waals surface area contributed by atoms with Crippen molar-refractivity contribution in [2.75, 3.05) is 19.6 Å². The zero-order chi connectivity index (χ0) is 11.8.